The first-order valence-corrected chi connectivity index (χ1v) is 8.32. The summed E-state index contributed by atoms with van der Waals surface area (Å²) in [7, 11) is 0. The Labute approximate surface area is 133 Å². The number of nitrogens with zero attached hydrogens (tertiary/aromatic N) is 1. The quantitative estimate of drug-likeness (QED) is 0.932. The molecule has 22 heavy (non-hydrogen) atoms. The third-order valence-corrected chi connectivity index (χ3v) is 5.12. The molecule has 3 rings (SSSR count). The van der Waals surface area contributed by atoms with Gasteiger partial charge in [-0.2, -0.15) is 0 Å². The molecule has 1 saturated heterocycles. The highest BCUT2D eigenvalue weighted by molar-refractivity contribution is 5.89. The van der Waals surface area contributed by atoms with E-state index in [-0.39, 0.29) is 5.91 Å². The van der Waals surface area contributed by atoms with Crippen LogP contribution in [0.5, 0.6) is 0 Å². The summed E-state index contributed by atoms with van der Waals surface area (Å²) in [6, 6.07) is 6.42. The van der Waals surface area contributed by atoms with Gasteiger partial charge in [0.2, 0.25) is 5.91 Å². The lowest BCUT2D eigenvalue weighted by atomic mass is 9.93. The number of allylic oxidation sites excluding steroid dienone is 1. The van der Waals surface area contributed by atoms with E-state index < -0.39 is 5.54 Å². The van der Waals surface area contributed by atoms with E-state index in [9.17, 15) is 4.79 Å². The third kappa shape index (κ3) is 3.09. The van der Waals surface area contributed by atoms with E-state index in [0.29, 0.717) is 5.92 Å². The maximum Gasteiger partial charge on any atom is 0.242 e. The predicted octanol–water partition coefficient (Wildman–Crippen LogP) is 3.05. The second-order valence-electron chi connectivity index (χ2n) is 6.95. The predicted molar refractivity (Wildman–Crippen MR) is 90.4 cm³/mol. The fraction of sp³-hybridized carbons (Fsp3) is 0.526. The zero-order valence-electron chi connectivity index (χ0n) is 13.6. The highest BCUT2D eigenvalue weighted by atomic mass is 16.2. The van der Waals surface area contributed by atoms with Crippen LogP contribution in [0.15, 0.2) is 24.3 Å². The lowest BCUT2D eigenvalue weighted by Crippen LogP contribution is -2.48. The standard InChI is InChI=1S/C19H26N2O/c1-14-4-3-5-15(2)17(14)7-6-16-8-12-21(13-9-16)18(22)19(20)10-11-19/h3-7,16H,8-13,20H2,1-2H3. The van der Waals surface area contributed by atoms with Gasteiger partial charge in [-0.15, -0.1) is 0 Å². The van der Waals surface area contributed by atoms with Crippen molar-refractivity contribution in [2.45, 2.75) is 45.1 Å². The van der Waals surface area contributed by atoms with Crippen LogP contribution in [0.3, 0.4) is 0 Å². The summed E-state index contributed by atoms with van der Waals surface area (Å²) in [6.45, 7) is 6.01. The van der Waals surface area contributed by atoms with E-state index in [0.717, 1.165) is 38.8 Å². The normalized spacial score (nSPS) is 21.3. The Hall–Kier alpha value is -1.61. The lowest BCUT2D eigenvalue weighted by molar-refractivity contribution is -0.134. The van der Waals surface area contributed by atoms with Crippen LogP contribution in [-0.2, 0) is 4.79 Å². The SMILES string of the molecule is Cc1cccc(C)c1C=CC1CCN(C(=O)C2(N)CC2)CC1. The number of piperidine rings is 1. The molecule has 0 spiro atoms. The van der Waals surface area contributed by atoms with Crippen molar-refractivity contribution in [3.8, 4) is 0 Å². The molecule has 3 heteroatoms. The number of benzene rings is 1. The molecule has 1 heterocycles. The maximum atomic E-state index is 12.2. The Morgan fingerprint density at radius 1 is 1.23 bits per heavy atom. The van der Waals surface area contributed by atoms with Gasteiger partial charge in [0.25, 0.3) is 0 Å². The lowest BCUT2D eigenvalue weighted by Gasteiger charge is -2.32. The smallest absolute Gasteiger partial charge is 0.242 e. The second-order valence-corrected chi connectivity index (χ2v) is 6.95. The second kappa shape index (κ2) is 5.88. The van der Waals surface area contributed by atoms with Gasteiger partial charge < -0.3 is 10.6 Å². The minimum Gasteiger partial charge on any atom is -0.341 e. The van der Waals surface area contributed by atoms with E-state index in [4.69, 9.17) is 5.73 Å². The van der Waals surface area contributed by atoms with Crippen LogP contribution in [0.4, 0.5) is 0 Å². The summed E-state index contributed by atoms with van der Waals surface area (Å²) >= 11 is 0. The van der Waals surface area contributed by atoms with E-state index in [2.05, 4.69) is 44.2 Å². The molecule has 1 amide bonds. The minimum absolute atomic E-state index is 0.171. The van der Waals surface area contributed by atoms with Crippen molar-refractivity contribution in [2.24, 2.45) is 11.7 Å². The zero-order chi connectivity index (χ0) is 15.7. The molecule has 0 aromatic heterocycles. The molecular weight excluding hydrogens is 272 g/mol. The zero-order valence-corrected chi connectivity index (χ0v) is 13.6. The van der Waals surface area contributed by atoms with E-state index in [1.54, 1.807) is 0 Å². The Kier molecular flexibility index (Phi) is 4.09. The number of rotatable bonds is 3. The van der Waals surface area contributed by atoms with E-state index >= 15 is 0 Å². The van der Waals surface area contributed by atoms with Crippen LogP contribution in [0, 0.1) is 19.8 Å². The average molecular weight is 298 g/mol. The molecule has 0 atom stereocenters. The number of aryl methyl sites for hydroxylation is 2. The number of likely N-dealkylation sites (tertiary alicyclic amines) is 1. The summed E-state index contributed by atoms with van der Waals surface area (Å²) in [5.41, 5.74) is 9.48. The van der Waals surface area contributed by atoms with Crippen molar-refractivity contribution in [3.63, 3.8) is 0 Å². The number of carbonyl (C=O) groups excluding carboxylic acids is 1. The molecule has 1 aromatic rings. The molecule has 2 aliphatic rings. The molecule has 3 nitrogen and oxygen atoms in total. The molecule has 1 aliphatic heterocycles. The Morgan fingerprint density at radius 3 is 2.36 bits per heavy atom. The fourth-order valence-electron chi connectivity index (χ4n) is 3.28. The first-order chi connectivity index (χ1) is 10.5. The van der Waals surface area contributed by atoms with Gasteiger partial charge in [0.15, 0.2) is 0 Å². The van der Waals surface area contributed by atoms with E-state index in [1.165, 1.54) is 16.7 Å². The van der Waals surface area contributed by atoms with Crippen molar-refractivity contribution >= 4 is 12.0 Å². The summed E-state index contributed by atoms with van der Waals surface area (Å²) in [5, 5.41) is 0. The number of hydrogen-bond donors (Lipinski definition) is 1. The van der Waals surface area contributed by atoms with Crippen LogP contribution < -0.4 is 5.73 Å². The van der Waals surface area contributed by atoms with Gasteiger partial charge in [-0.05, 0) is 62.1 Å². The molecule has 1 aliphatic carbocycles. The maximum absolute atomic E-state index is 12.2. The van der Waals surface area contributed by atoms with Gasteiger partial charge in [-0.3, -0.25) is 4.79 Å². The van der Waals surface area contributed by atoms with Crippen LogP contribution >= 0.6 is 0 Å². The third-order valence-electron chi connectivity index (χ3n) is 5.12. The Balaban J connectivity index is 1.58. The minimum atomic E-state index is -0.513. The molecule has 118 valence electrons. The number of amides is 1. The topological polar surface area (TPSA) is 46.3 Å². The highest BCUT2D eigenvalue weighted by Gasteiger charge is 2.48. The fourth-order valence-corrected chi connectivity index (χ4v) is 3.28. The van der Waals surface area contributed by atoms with Crippen LogP contribution in [0.1, 0.15) is 42.4 Å². The van der Waals surface area contributed by atoms with Crippen molar-refractivity contribution in [3.05, 3.63) is 41.0 Å². The van der Waals surface area contributed by atoms with Gasteiger partial charge in [-0.1, -0.05) is 30.4 Å². The average Bonchev–Trinajstić information content (AvgIpc) is 3.26. The highest BCUT2D eigenvalue weighted by Crippen LogP contribution is 2.35. The largest absolute Gasteiger partial charge is 0.341 e. The molecule has 0 unspecified atom stereocenters. The van der Waals surface area contributed by atoms with Gasteiger partial charge in [-0.25, -0.2) is 0 Å². The van der Waals surface area contributed by atoms with Crippen molar-refractivity contribution < 1.29 is 4.79 Å². The number of nitrogens with two attached hydrogens (primary N) is 1. The molecule has 0 radical (unpaired) electrons. The van der Waals surface area contributed by atoms with Gasteiger partial charge >= 0.3 is 0 Å². The number of carbonyl (C=O) groups is 1. The van der Waals surface area contributed by atoms with E-state index in [1.807, 2.05) is 4.90 Å². The van der Waals surface area contributed by atoms with Crippen molar-refractivity contribution in [2.75, 3.05) is 13.1 Å². The van der Waals surface area contributed by atoms with Gasteiger partial charge in [0, 0.05) is 13.1 Å². The molecule has 2 N–H and O–H groups in total. The molecule has 0 bridgehead atoms. The molecule has 1 aromatic carbocycles. The summed E-state index contributed by atoms with van der Waals surface area (Å²) in [6.07, 6.45) is 8.40. The molecular formula is C19H26N2O. The van der Waals surface area contributed by atoms with Crippen molar-refractivity contribution in [1.29, 1.82) is 0 Å². The summed E-state index contributed by atoms with van der Waals surface area (Å²) < 4.78 is 0. The Bertz CT molecular complexity index is 573. The van der Waals surface area contributed by atoms with Crippen molar-refractivity contribution in [1.82, 2.24) is 4.90 Å². The summed E-state index contributed by atoms with van der Waals surface area (Å²) in [4.78, 5) is 14.2. The first kappa shape index (κ1) is 15.3. The first-order valence-electron chi connectivity index (χ1n) is 8.32. The van der Waals surface area contributed by atoms with Crippen LogP contribution in [0.25, 0.3) is 6.08 Å². The number of hydrogen-bond acceptors (Lipinski definition) is 2. The van der Waals surface area contributed by atoms with Crippen LogP contribution in [0.2, 0.25) is 0 Å². The summed E-state index contributed by atoms with van der Waals surface area (Å²) in [5.74, 6) is 0.737. The van der Waals surface area contributed by atoms with Crippen LogP contribution in [-0.4, -0.2) is 29.4 Å². The van der Waals surface area contributed by atoms with Gasteiger partial charge in [0.05, 0.1) is 5.54 Å². The molecule has 1 saturated carbocycles. The monoisotopic (exact) mass is 298 g/mol. The Morgan fingerprint density at radius 2 is 1.82 bits per heavy atom. The molecule has 2 fully saturated rings. The van der Waals surface area contributed by atoms with Gasteiger partial charge in [0.1, 0.15) is 0 Å².